The van der Waals surface area contributed by atoms with Gasteiger partial charge in [0, 0.05) is 5.38 Å². The number of benzene rings is 3. The van der Waals surface area contributed by atoms with Crippen LogP contribution in [0, 0.1) is 6.92 Å². The lowest BCUT2D eigenvalue weighted by molar-refractivity contribution is 0.215. The van der Waals surface area contributed by atoms with E-state index in [-0.39, 0.29) is 6.61 Å². The van der Waals surface area contributed by atoms with Gasteiger partial charge < -0.3 is 9.47 Å². The second kappa shape index (κ2) is 9.35. The number of para-hydroxylation sites is 1. The zero-order valence-corrected chi connectivity index (χ0v) is 19.2. The van der Waals surface area contributed by atoms with Crippen molar-refractivity contribution in [1.82, 2.24) is 14.6 Å². The van der Waals surface area contributed by atoms with Crippen LogP contribution in [0.2, 0.25) is 0 Å². The summed E-state index contributed by atoms with van der Waals surface area (Å²) < 4.78 is 15.5. The Morgan fingerprint density at radius 1 is 1.03 bits per heavy atom. The maximum absolute atomic E-state index is 12.1. The van der Waals surface area contributed by atoms with Crippen molar-refractivity contribution in [3.8, 4) is 22.8 Å². The molecule has 33 heavy (non-hydrogen) atoms. The third-order valence-corrected chi connectivity index (χ3v) is 6.31. The quantitative estimate of drug-likeness (QED) is 0.310. The van der Waals surface area contributed by atoms with Gasteiger partial charge in [0.25, 0.3) is 0 Å². The van der Waals surface area contributed by atoms with E-state index < -0.39 is 6.09 Å². The number of aryl methyl sites for hydroxylation is 1. The molecule has 9 heteroatoms. The van der Waals surface area contributed by atoms with E-state index in [0.29, 0.717) is 22.3 Å². The topological polar surface area (TPSA) is 86.2 Å². The van der Waals surface area contributed by atoms with Gasteiger partial charge in [-0.05, 0) is 47.4 Å². The van der Waals surface area contributed by atoms with Gasteiger partial charge in [0.1, 0.15) is 23.8 Å². The highest BCUT2D eigenvalue weighted by Gasteiger charge is 2.17. The predicted octanol–water partition coefficient (Wildman–Crippen LogP) is 6.31. The van der Waals surface area contributed by atoms with Crippen molar-refractivity contribution < 1.29 is 14.3 Å². The average molecular weight is 475 g/mol. The number of carbonyl (C=O) groups is 1. The van der Waals surface area contributed by atoms with Crippen LogP contribution in [0.25, 0.3) is 22.0 Å². The summed E-state index contributed by atoms with van der Waals surface area (Å²) in [6.07, 6.45) is -0.591. The SMILES string of the molecule is Cc1snnc1-c1c(OCc2csc(NC(=O)Oc3ccccc3)n2)ccc2ccccc12. The van der Waals surface area contributed by atoms with Crippen LogP contribution in [0.15, 0.2) is 72.1 Å². The summed E-state index contributed by atoms with van der Waals surface area (Å²) in [4.78, 5) is 17.5. The van der Waals surface area contributed by atoms with Crippen LogP contribution in [0.1, 0.15) is 10.6 Å². The van der Waals surface area contributed by atoms with Gasteiger partial charge in [0.2, 0.25) is 0 Å². The monoisotopic (exact) mass is 474 g/mol. The Balaban J connectivity index is 1.32. The summed E-state index contributed by atoms with van der Waals surface area (Å²) in [6, 6.07) is 21.0. The fourth-order valence-corrected chi connectivity index (χ4v) is 4.52. The number of nitrogens with zero attached hydrogens (tertiary/aromatic N) is 3. The van der Waals surface area contributed by atoms with Gasteiger partial charge in [0.05, 0.1) is 16.1 Å². The Kier molecular flexibility index (Phi) is 5.97. The number of aromatic nitrogens is 3. The van der Waals surface area contributed by atoms with Gasteiger partial charge in [-0.3, -0.25) is 5.32 Å². The minimum absolute atomic E-state index is 0.244. The molecule has 0 spiro atoms. The van der Waals surface area contributed by atoms with E-state index in [1.54, 1.807) is 24.3 Å². The van der Waals surface area contributed by atoms with Crippen LogP contribution < -0.4 is 14.8 Å². The molecular formula is C24H18N4O3S2. The van der Waals surface area contributed by atoms with E-state index in [9.17, 15) is 4.79 Å². The average Bonchev–Trinajstić information content (AvgIpc) is 3.46. The molecule has 0 saturated carbocycles. The molecule has 164 valence electrons. The highest BCUT2D eigenvalue weighted by atomic mass is 32.1. The first-order valence-corrected chi connectivity index (χ1v) is 11.7. The summed E-state index contributed by atoms with van der Waals surface area (Å²) in [5.74, 6) is 1.17. The van der Waals surface area contributed by atoms with Crippen molar-refractivity contribution in [2.24, 2.45) is 0 Å². The van der Waals surface area contributed by atoms with E-state index >= 15 is 0 Å². The number of hydrogen-bond donors (Lipinski definition) is 1. The smallest absolute Gasteiger partial charge is 0.418 e. The number of carbonyl (C=O) groups excluding carboxylic acids is 1. The van der Waals surface area contributed by atoms with Gasteiger partial charge >= 0.3 is 6.09 Å². The zero-order chi connectivity index (χ0) is 22.6. The van der Waals surface area contributed by atoms with Gasteiger partial charge in [0.15, 0.2) is 5.13 Å². The lowest BCUT2D eigenvalue weighted by atomic mass is 10.0. The van der Waals surface area contributed by atoms with Crippen LogP contribution in [0.3, 0.4) is 0 Å². The number of rotatable bonds is 6. The Bertz CT molecular complexity index is 1420. The molecule has 5 rings (SSSR count). The largest absolute Gasteiger partial charge is 0.487 e. The fraction of sp³-hybridized carbons (Fsp3) is 0.0833. The maximum Gasteiger partial charge on any atom is 0.418 e. The number of fused-ring (bicyclic) bond motifs is 1. The number of nitrogens with one attached hydrogen (secondary N) is 1. The zero-order valence-electron chi connectivity index (χ0n) is 17.5. The fourth-order valence-electron chi connectivity index (χ4n) is 3.37. The highest BCUT2D eigenvalue weighted by molar-refractivity contribution is 7.13. The summed E-state index contributed by atoms with van der Waals surface area (Å²) in [7, 11) is 0. The van der Waals surface area contributed by atoms with E-state index in [1.807, 2.05) is 42.6 Å². The molecule has 0 aliphatic carbocycles. The molecule has 0 radical (unpaired) electrons. The maximum atomic E-state index is 12.1. The molecule has 0 saturated heterocycles. The number of anilines is 1. The summed E-state index contributed by atoms with van der Waals surface area (Å²) >= 11 is 2.67. The molecule has 0 bridgehead atoms. The number of ether oxygens (including phenoxy) is 2. The molecule has 0 aliphatic heterocycles. The molecule has 1 amide bonds. The van der Waals surface area contributed by atoms with Crippen molar-refractivity contribution in [2.75, 3.05) is 5.32 Å². The number of thiazole rings is 1. The Morgan fingerprint density at radius 2 is 1.85 bits per heavy atom. The normalized spacial score (nSPS) is 10.8. The van der Waals surface area contributed by atoms with E-state index in [1.165, 1.54) is 22.9 Å². The molecule has 5 aromatic rings. The number of hydrogen-bond acceptors (Lipinski definition) is 8. The molecule has 7 nitrogen and oxygen atoms in total. The van der Waals surface area contributed by atoms with Gasteiger partial charge in [-0.2, -0.15) is 0 Å². The minimum Gasteiger partial charge on any atom is -0.487 e. The molecule has 0 atom stereocenters. The third-order valence-electron chi connectivity index (χ3n) is 4.87. The highest BCUT2D eigenvalue weighted by Crippen LogP contribution is 2.38. The Labute approximate surface area is 197 Å². The van der Waals surface area contributed by atoms with Crippen LogP contribution in [0.4, 0.5) is 9.93 Å². The predicted molar refractivity (Wildman–Crippen MR) is 130 cm³/mol. The van der Waals surface area contributed by atoms with Crippen molar-refractivity contribution in [3.63, 3.8) is 0 Å². The van der Waals surface area contributed by atoms with Gasteiger partial charge in [-0.1, -0.05) is 53.0 Å². The first kappa shape index (κ1) is 21.0. The van der Waals surface area contributed by atoms with Crippen molar-refractivity contribution in [2.45, 2.75) is 13.5 Å². The third kappa shape index (κ3) is 4.69. The van der Waals surface area contributed by atoms with Crippen LogP contribution in [-0.2, 0) is 6.61 Å². The molecule has 0 fully saturated rings. The molecular weight excluding hydrogens is 456 g/mol. The summed E-state index contributed by atoms with van der Waals surface area (Å²) in [5.41, 5.74) is 2.43. The second-order valence-corrected chi connectivity index (χ2v) is 8.91. The molecule has 0 aliphatic rings. The van der Waals surface area contributed by atoms with Crippen molar-refractivity contribution in [1.29, 1.82) is 0 Å². The molecule has 2 aromatic heterocycles. The first-order chi connectivity index (χ1) is 16.2. The molecule has 3 aromatic carbocycles. The standard InChI is InChI=1S/C24H18N4O3S2/c1-15-22(27-28-33-15)21-19-10-6-5-7-16(19)11-12-20(21)30-13-17-14-32-23(25-17)26-24(29)31-18-8-3-2-4-9-18/h2-12,14H,13H2,1H3,(H,25,26,29). The molecule has 2 heterocycles. The van der Waals surface area contributed by atoms with Crippen molar-refractivity contribution >= 4 is 44.9 Å². The second-order valence-electron chi connectivity index (χ2n) is 7.10. The first-order valence-electron chi connectivity index (χ1n) is 10.1. The van der Waals surface area contributed by atoms with Crippen LogP contribution >= 0.6 is 22.9 Å². The van der Waals surface area contributed by atoms with E-state index in [0.717, 1.165) is 26.9 Å². The van der Waals surface area contributed by atoms with Gasteiger partial charge in [-0.25, -0.2) is 9.78 Å². The van der Waals surface area contributed by atoms with Crippen LogP contribution in [-0.4, -0.2) is 20.7 Å². The summed E-state index contributed by atoms with van der Waals surface area (Å²) in [6.45, 7) is 2.24. The molecule has 0 unspecified atom stereocenters. The van der Waals surface area contributed by atoms with Crippen LogP contribution in [0.5, 0.6) is 11.5 Å². The minimum atomic E-state index is -0.591. The number of amides is 1. The summed E-state index contributed by atoms with van der Waals surface area (Å²) in [5, 5.41) is 11.4. The Hall–Kier alpha value is -3.82. The van der Waals surface area contributed by atoms with Crippen molar-refractivity contribution in [3.05, 3.63) is 82.7 Å². The molecule has 1 N–H and O–H groups in total. The van der Waals surface area contributed by atoms with Gasteiger partial charge in [-0.15, -0.1) is 16.4 Å². The lowest BCUT2D eigenvalue weighted by Crippen LogP contribution is -2.16. The Morgan fingerprint density at radius 3 is 2.67 bits per heavy atom. The van der Waals surface area contributed by atoms with E-state index in [4.69, 9.17) is 9.47 Å². The van der Waals surface area contributed by atoms with E-state index in [2.05, 4.69) is 32.0 Å². The lowest BCUT2D eigenvalue weighted by Gasteiger charge is -2.13.